The molecule has 96 valence electrons. The van der Waals surface area contributed by atoms with E-state index in [4.69, 9.17) is 10.5 Å². The van der Waals surface area contributed by atoms with Gasteiger partial charge in [0.25, 0.3) is 0 Å². The maximum atomic E-state index is 11.4. The Morgan fingerprint density at radius 2 is 2.29 bits per heavy atom. The lowest BCUT2D eigenvalue weighted by Gasteiger charge is -2.43. The number of nitrogens with one attached hydrogen (secondary N) is 1. The van der Waals surface area contributed by atoms with E-state index >= 15 is 0 Å². The van der Waals surface area contributed by atoms with Crippen LogP contribution in [0.1, 0.15) is 6.42 Å². The molecule has 0 spiro atoms. The maximum absolute atomic E-state index is 11.4. The van der Waals surface area contributed by atoms with Gasteiger partial charge in [-0.25, -0.2) is 4.79 Å². The minimum atomic E-state index is -0.149. The van der Waals surface area contributed by atoms with Gasteiger partial charge in [-0.15, -0.1) is 0 Å². The molecular formula is C11H20N4O2. The average Bonchev–Trinajstić information content (AvgIpc) is 2.71. The van der Waals surface area contributed by atoms with Crippen LogP contribution in [-0.4, -0.2) is 73.3 Å². The topological polar surface area (TPSA) is 70.8 Å². The van der Waals surface area contributed by atoms with Gasteiger partial charge in [0.2, 0.25) is 0 Å². The van der Waals surface area contributed by atoms with Gasteiger partial charge in [-0.2, -0.15) is 0 Å². The van der Waals surface area contributed by atoms with Crippen molar-refractivity contribution in [2.45, 2.75) is 24.5 Å². The third-order valence-electron chi connectivity index (χ3n) is 4.11. The van der Waals surface area contributed by atoms with Crippen molar-refractivity contribution < 1.29 is 9.53 Å². The maximum Gasteiger partial charge on any atom is 0.410 e. The fourth-order valence-electron chi connectivity index (χ4n) is 3.14. The van der Waals surface area contributed by atoms with Gasteiger partial charge in [0, 0.05) is 38.3 Å². The van der Waals surface area contributed by atoms with Crippen LogP contribution in [0.4, 0.5) is 4.79 Å². The molecule has 0 aromatic heterocycles. The summed E-state index contributed by atoms with van der Waals surface area (Å²) in [5.74, 6) is 0. The summed E-state index contributed by atoms with van der Waals surface area (Å²) in [6.45, 7) is 5.08. The number of cyclic esters (lactones) is 1. The van der Waals surface area contributed by atoms with Gasteiger partial charge in [0.1, 0.15) is 6.61 Å². The zero-order chi connectivity index (χ0) is 11.8. The van der Waals surface area contributed by atoms with Crippen molar-refractivity contribution in [3.63, 3.8) is 0 Å². The molecule has 0 radical (unpaired) electrons. The molecule has 3 rings (SSSR count). The van der Waals surface area contributed by atoms with E-state index in [1.807, 2.05) is 4.90 Å². The predicted octanol–water partition coefficient (Wildman–Crippen LogP) is -1.19. The van der Waals surface area contributed by atoms with Crippen LogP contribution in [0.15, 0.2) is 0 Å². The SMILES string of the molecule is NC1CNCCC1N1CCN2C(=O)OC[C@H]2C1. The first kappa shape index (κ1) is 11.3. The number of rotatable bonds is 1. The Morgan fingerprint density at radius 3 is 3.12 bits per heavy atom. The molecule has 3 heterocycles. The largest absolute Gasteiger partial charge is 0.447 e. The number of nitrogens with zero attached hydrogens (tertiary/aromatic N) is 2. The quantitative estimate of drug-likeness (QED) is 0.603. The molecule has 3 atom stereocenters. The van der Waals surface area contributed by atoms with Crippen molar-refractivity contribution in [1.82, 2.24) is 15.1 Å². The van der Waals surface area contributed by atoms with E-state index in [1.165, 1.54) is 0 Å². The molecule has 3 aliphatic heterocycles. The first-order valence-electron chi connectivity index (χ1n) is 6.39. The second-order valence-corrected chi connectivity index (χ2v) is 5.14. The van der Waals surface area contributed by atoms with Gasteiger partial charge in [-0.05, 0) is 13.0 Å². The first-order valence-corrected chi connectivity index (χ1v) is 6.39. The van der Waals surface area contributed by atoms with Crippen LogP contribution in [0.25, 0.3) is 0 Å². The standard InChI is InChI=1S/C11H20N4O2/c12-9-5-13-2-1-10(9)14-3-4-15-8(6-14)7-17-11(15)16/h8-10,13H,1-7,12H2/t8-,9?,10?/m1/s1. The number of piperazine rings is 1. The molecule has 0 aliphatic carbocycles. The molecule has 3 fully saturated rings. The number of hydrogen-bond donors (Lipinski definition) is 2. The molecule has 1 amide bonds. The summed E-state index contributed by atoms with van der Waals surface area (Å²) in [7, 11) is 0. The normalized spacial score (nSPS) is 39.0. The summed E-state index contributed by atoms with van der Waals surface area (Å²) in [6, 6.07) is 0.890. The van der Waals surface area contributed by atoms with Gasteiger partial charge in [-0.3, -0.25) is 9.80 Å². The van der Waals surface area contributed by atoms with E-state index in [9.17, 15) is 4.79 Å². The van der Waals surface area contributed by atoms with E-state index in [0.717, 1.165) is 39.1 Å². The Morgan fingerprint density at radius 1 is 1.41 bits per heavy atom. The predicted molar refractivity (Wildman–Crippen MR) is 62.7 cm³/mol. The molecule has 0 aromatic carbocycles. The van der Waals surface area contributed by atoms with Gasteiger partial charge in [-0.1, -0.05) is 0 Å². The molecular weight excluding hydrogens is 220 g/mol. The van der Waals surface area contributed by atoms with Crippen LogP contribution >= 0.6 is 0 Å². The Balaban J connectivity index is 1.64. The van der Waals surface area contributed by atoms with E-state index in [-0.39, 0.29) is 18.2 Å². The number of amides is 1. The Kier molecular flexibility index (Phi) is 2.94. The summed E-state index contributed by atoms with van der Waals surface area (Å²) in [5.41, 5.74) is 6.16. The molecule has 6 heteroatoms. The molecule has 2 unspecified atom stereocenters. The zero-order valence-corrected chi connectivity index (χ0v) is 9.97. The molecule has 3 aliphatic rings. The number of ether oxygens (including phenoxy) is 1. The van der Waals surface area contributed by atoms with E-state index in [2.05, 4.69) is 10.2 Å². The van der Waals surface area contributed by atoms with E-state index < -0.39 is 0 Å². The monoisotopic (exact) mass is 240 g/mol. The number of carbonyl (C=O) groups is 1. The summed E-state index contributed by atoms with van der Waals surface area (Å²) < 4.78 is 5.08. The number of nitrogens with two attached hydrogens (primary N) is 1. The zero-order valence-electron chi connectivity index (χ0n) is 9.97. The fourth-order valence-corrected chi connectivity index (χ4v) is 3.14. The van der Waals surface area contributed by atoms with Crippen LogP contribution in [0.5, 0.6) is 0 Å². The van der Waals surface area contributed by atoms with Crippen LogP contribution < -0.4 is 11.1 Å². The highest BCUT2D eigenvalue weighted by atomic mass is 16.6. The van der Waals surface area contributed by atoms with E-state index in [0.29, 0.717) is 12.6 Å². The minimum absolute atomic E-state index is 0.149. The van der Waals surface area contributed by atoms with Crippen LogP contribution in [0.2, 0.25) is 0 Å². The number of piperidine rings is 1. The molecule has 3 saturated heterocycles. The highest BCUT2D eigenvalue weighted by molar-refractivity contribution is 5.70. The number of fused-ring (bicyclic) bond motifs is 1. The second kappa shape index (κ2) is 4.44. The summed E-state index contributed by atoms with van der Waals surface area (Å²) in [6.07, 6.45) is 0.951. The molecule has 3 N–H and O–H groups in total. The third kappa shape index (κ3) is 2.00. The molecule has 17 heavy (non-hydrogen) atoms. The minimum Gasteiger partial charge on any atom is -0.447 e. The summed E-state index contributed by atoms with van der Waals surface area (Å²) in [5, 5.41) is 3.32. The van der Waals surface area contributed by atoms with Gasteiger partial charge >= 0.3 is 6.09 Å². The molecule has 6 nitrogen and oxygen atoms in total. The Labute approximate surface area is 101 Å². The molecule has 0 aromatic rings. The summed E-state index contributed by atoms with van der Waals surface area (Å²) in [4.78, 5) is 15.7. The highest BCUT2D eigenvalue weighted by Crippen LogP contribution is 2.21. The first-order chi connectivity index (χ1) is 8.25. The second-order valence-electron chi connectivity index (χ2n) is 5.14. The van der Waals surface area contributed by atoms with Crippen molar-refractivity contribution in [3.05, 3.63) is 0 Å². The Bertz CT molecular complexity index is 312. The fraction of sp³-hybridized carbons (Fsp3) is 0.909. The smallest absolute Gasteiger partial charge is 0.410 e. The lowest BCUT2D eigenvalue weighted by molar-refractivity contribution is 0.0668. The lowest BCUT2D eigenvalue weighted by atomic mass is 9.98. The number of hydrogen-bond acceptors (Lipinski definition) is 5. The molecule has 0 bridgehead atoms. The van der Waals surface area contributed by atoms with Crippen molar-refractivity contribution in [2.24, 2.45) is 5.73 Å². The van der Waals surface area contributed by atoms with Gasteiger partial charge in [0.05, 0.1) is 6.04 Å². The van der Waals surface area contributed by atoms with E-state index in [1.54, 1.807) is 0 Å². The van der Waals surface area contributed by atoms with Crippen LogP contribution in [0.3, 0.4) is 0 Å². The highest BCUT2D eigenvalue weighted by Gasteiger charge is 2.40. The number of carbonyl (C=O) groups excluding carboxylic acids is 1. The summed E-state index contributed by atoms with van der Waals surface area (Å²) >= 11 is 0. The van der Waals surface area contributed by atoms with Gasteiger partial charge in [0.15, 0.2) is 0 Å². The third-order valence-corrected chi connectivity index (χ3v) is 4.11. The Hall–Kier alpha value is -0.850. The van der Waals surface area contributed by atoms with Gasteiger partial charge < -0.3 is 15.8 Å². The van der Waals surface area contributed by atoms with Crippen molar-refractivity contribution in [1.29, 1.82) is 0 Å². The average molecular weight is 240 g/mol. The molecule has 0 saturated carbocycles. The van der Waals surface area contributed by atoms with Crippen LogP contribution in [-0.2, 0) is 4.74 Å². The van der Waals surface area contributed by atoms with Crippen molar-refractivity contribution in [2.75, 3.05) is 39.3 Å². The van der Waals surface area contributed by atoms with Crippen molar-refractivity contribution in [3.8, 4) is 0 Å². The van der Waals surface area contributed by atoms with Crippen LogP contribution in [0, 0.1) is 0 Å². The lowest BCUT2D eigenvalue weighted by Crippen LogP contribution is -2.62. The van der Waals surface area contributed by atoms with Crippen molar-refractivity contribution >= 4 is 6.09 Å².